The van der Waals surface area contributed by atoms with E-state index >= 15 is 0 Å². The number of hydrogen-bond donors (Lipinski definition) is 1. The summed E-state index contributed by atoms with van der Waals surface area (Å²) in [6, 6.07) is 6.80. The monoisotopic (exact) mass is 278 g/mol. The highest BCUT2D eigenvalue weighted by atomic mass is 16.5. The molecule has 0 aliphatic carbocycles. The molecule has 2 unspecified atom stereocenters. The van der Waals surface area contributed by atoms with E-state index in [-0.39, 0.29) is 17.5 Å². The van der Waals surface area contributed by atoms with Gasteiger partial charge < -0.3 is 9.84 Å². The Hall–Kier alpha value is -1.84. The van der Waals surface area contributed by atoms with Gasteiger partial charge in [0.2, 0.25) is 0 Å². The predicted molar refractivity (Wildman–Crippen MR) is 76.8 cm³/mol. The van der Waals surface area contributed by atoms with Crippen LogP contribution in [-0.4, -0.2) is 24.2 Å². The van der Waals surface area contributed by atoms with E-state index in [1.807, 2.05) is 32.9 Å². The molecule has 0 aliphatic rings. The number of hydrogen-bond acceptors (Lipinski definition) is 3. The smallest absolute Gasteiger partial charge is 0.335 e. The molecule has 0 bridgehead atoms. The second-order valence-corrected chi connectivity index (χ2v) is 5.44. The standard InChI is InChI=1S/C16H22O4/c1-5-16(3,15(19)20-4)10-11(2)12-6-8-13(9-7-12)14(17)18/h6-9,11H,5,10H2,1-4H3,(H,17,18). The Balaban J connectivity index is 2.86. The average molecular weight is 278 g/mol. The van der Waals surface area contributed by atoms with Crippen LogP contribution < -0.4 is 0 Å². The molecule has 1 rings (SSSR count). The largest absolute Gasteiger partial charge is 0.478 e. The van der Waals surface area contributed by atoms with Crippen molar-refractivity contribution in [3.05, 3.63) is 35.4 Å². The highest BCUT2D eigenvalue weighted by molar-refractivity contribution is 5.87. The van der Waals surface area contributed by atoms with Crippen LogP contribution in [-0.2, 0) is 9.53 Å². The van der Waals surface area contributed by atoms with E-state index in [1.54, 1.807) is 12.1 Å². The summed E-state index contributed by atoms with van der Waals surface area (Å²) in [5.41, 5.74) is 0.783. The fraction of sp³-hybridized carbons (Fsp3) is 0.500. The average Bonchev–Trinajstić information content (AvgIpc) is 2.46. The third-order valence-electron chi connectivity index (χ3n) is 3.94. The second kappa shape index (κ2) is 6.55. The van der Waals surface area contributed by atoms with E-state index in [2.05, 4.69) is 0 Å². The van der Waals surface area contributed by atoms with Gasteiger partial charge in [0.1, 0.15) is 0 Å². The Bertz CT molecular complexity index is 478. The number of methoxy groups -OCH3 is 1. The molecular formula is C16H22O4. The van der Waals surface area contributed by atoms with Crippen LogP contribution in [0.25, 0.3) is 0 Å². The van der Waals surface area contributed by atoms with Crippen molar-refractivity contribution < 1.29 is 19.4 Å². The molecule has 0 aromatic heterocycles. The van der Waals surface area contributed by atoms with Gasteiger partial charge in [-0.15, -0.1) is 0 Å². The van der Waals surface area contributed by atoms with Crippen molar-refractivity contribution >= 4 is 11.9 Å². The van der Waals surface area contributed by atoms with E-state index < -0.39 is 11.4 Å². The SMILES string of the molecule is CCC(C)(CC(C)c1ccc(C(=O)O)cc1)C(=O)OC. The van der Waals surface area contributed by atoms with Crippen LogP contribution in [0.2, 0.25) is 0 Å². The van der Waals surface area contributed by atoms with Gasteiger partial charge in [0.15, 0.2) is 0 Å². The van der Waals surface area contributed by atoms with Crippen molar-refractivity contribution in [2.75, 3.05) is 7.11 Å². The van der Waals surface area contributed by atoms with Crippen molar-refractivity contribution in [3.63, 3.8) is 0 Å². The Morgan fingerprint density at radius 3 is 2.25 bits per heavy atom. The highest BCUT2D eigenvalue weighted by Crippen LogP contribution is 2.35. The lowest BCUT2D eigenvalue weighted by Crippen LogP contribution is -2.30. The summed E-state index contributed by atoms with van der Waals surface area (Å²) < 4.78 is 4.88. The molecule has 0 saturated carbocycles. The topological polar surface area (TPSA) is 63.6 Å². The van der Waals surface area contributed by atoms with Gasteiger partial charge in [-0.05, 0) is 43.4 Å². The lowest BCUT2D eigenvalue weighted by molar-refractivity contribution is -0.152. The Morgan fingerprint density at radius 2 is 1.85 bits per heavy atom. The van der Waals surface area contributed by atoms with Crippen LogP contribution in [0.5, 0.6) is 0 Å². The summed E-state index contributed by atoms with van der Waals surface area (Å²) in [6.07, 6.45) is 1.37. The summed E-state index contributed by atoms with van der Waals surface area (Å²) in [6.45, 7) is 5.91. The number of ether oxygens (including phenoxy) is 1. The van der Waals surface area contributed by atoms with E-state index in [0.717, 1.165) is 5.56 Å². The third kappa shape index (κ3) is 3.59. The predicted octanol–water partition coefficient (Wildman–Crippen LogP) is 3.47. The molecule has 1 N–H and O–H groups in total. The summed E-state index contributed by atoms with van der Waals surface area (Å²) in [5, 5.41) is 8.88. The van der Waals surface area contributed by atoms with Crippen LogP contribution >= 0.6 is 0 Å². The van der Waals surface area contributed by atoms with E-state index in [0.29, 0.717) is 12.8 Å². The van der Waals surface area contributed by atoms with Crippen molar-refractivity contribution in [3.8, 4) is 0 Å². The number of carboxylic acids is 1. The van der Waals surface area contributed by atoms with E-state index in [9.17, 15) is 9.59 Å². The Morgan fingerprint density at radius 1 is 1.30 bits per heavy atom. The van der Waals surface area contributed by atoms with Crippen LogP contribution in [0.4, 0.5) is 0 Å². The number of benzene rings is 1. The zero-order chi connectivity index (χ0) is 15.3. The van der Waals surface area contributed by atoms with Gasteiger partial charge in [-0.25, -0.2) is 4.79 Å². The lowest BCUT2D eigenvalue weighted by atomic mass is 9.77. The highest BCUT2D eigenvalue weighted by Gasteiger charge is 2.34. The maximum Gasteiger partial charge on any atom is 0.335 e. The summed E-state index contributed by atoms with van der Waals surface area (Å²) in [5.74, 6) is -0.979. The second-order valence-electron chi connectivity index (χ2n) is 5.44. The molecule has 0 radical (unpaired) electrons. The Kier molecular flexibility index (Phi) is 5.31. The lowest BCUT2D eigenvalue weighted by Gasteiger charge is -2.28. The number of carbonyl (C=O) groups is 2. The molecule has 20 heavy (non-hydrogen) atoms. The van der Waals surface area contributed by atoms with Gasteiger partial charge in [-0.2, -0.15) is 0 Å². The molecule has 0 heterocycles. The third-order valence-corrected chi connectivity index (χ3v) is 3.94. The van der Waals surface area contributed by atoms with Crippen molar-refractivity contribution in [1.29, 1.82) is 0 Å². The quantitative estimate of drug-likeness (QED) is 0.809. The van der Waals surface area contributed by atoms with Crippen LogP contribution in [0.15, 0.2) is 24.3 Å². The first-order valence-corrected chi connectivity index (χ1v) is 6.75. The van der Waals surface area contributed by atoms with Gasteiger partial charge in [-0.1, -0.05) is 26.0 Å². The minimum absolute atomic E-state index is 0.155. The fourth-order valence-electron chi connectivity index (χ4n) is 2.37. The molecule has 0 saturated heterocycles. The van der Waals surface area contributed by atoms with E-state index in [1.165, 1.54) is 7.11 Å². The normalized spacial score (nSPS) is 15.2. The molecule has 0 spiro atoms. The van der Waals surface area contributed by atoms with Gasteiger partial charge in [0, 0.05) is 0 Å². The minimum Gasteiger partial charge on any atom is -0.478 e. The summed E-state index contributed by atoms with van der Waals surface area (Å²) >= 11 is 0. The van der Waals surface area contributed by atoms with Gasteiger partial charge >= 0.3 is 11.9 Å². The molecule has 0 fully saturated rings. The van der Waals surface area contributed by atoms with Crippen LogP contribution in [0.3, 0.4) is 0 Å². The van der Waals surface area contributed by atoms with Gasteiger partial charge in [-0.3, -0.25) is 4.79 Å². The molecular weight excluding hydrogens is 256 g/mol. The van der Waals surface area contributed by atoms with Crippen molar-refractivity contribution in [2.45, 2.75) is 39.5 Å². The number of aromatic carboxylic acids is 1. The van der Waals surface area contributed by atoms with Crippen molar-refractivity contribution in [1.82, 2.24) is 0 Å². The minimum atomic E-state index is -0.933. The molecule has 4 nitrogen and oxygen atoms in total. The number of esters is 1. The first-order chi connectivity index (χ1) is 9.34. The first-order valence-electron chi connectivity index (χ1n) is 6.75. The van der Waals surface area contributed by atoms with E-state index in [4.69, 9.17) is 9.84 Å². The van der Waals surface area contributed by atoms with Gasteiger partial charge in [0.05, 0.1) is 18.1 Å². The summed E-state index contributed by atoms with van der Waals surface area (Å²) in [7, 11) is 1.41. The number of carboxylic acid groups (broad SMARTS) is 1. The zero-order valence-corrected chi connectivity index (χ0v) is 12.5. The number of carbonyl (C=O) groups excluding carboxylic acids is 1. The molecule has 1 aromatic rings. The number of rotatable bonds is 6. The van der Waals surface area contributed by atoms with Gasteiger partial charge in [0.25, 0.3) is 0 Å². The van der Waals surface area contributed by atoms with Crippen molar-refractivity contribution in [2.24, 2.45) is 5.41 Å². The van der Waals surface area contributed by atoms with Crippen LogP contribution in [0.1, 0.15) is 55.5 Å². The molecule has 110 valence electrons. The maximum absolute atomic E-state index is 11.9. The molecule has 1 aromatic carbocycles. The molecule has 0 amide bonds. The van der Waals surface area contributed by atoms with Crippen LogP contribution in [0, 0.1) is 5.41 Å². The maximum atomic E-state index is 11.9. The first kappa shape index (κ1) is 16.2. The summed E-state index contributed by atoms with van der Waals surface area (Å²) in [4.78, 5) is 22.7. The zero-order valence-electron chi connectivity index (χ0n) is 12.5. The molecule has 0 aliphatic heterocycles. The Labute approximate surface area is 119 Å². The fourth-order valence-corrected chi connectivity index (χ4v) is 2.37. The molecule has 2 atom stereocenters. The molecule has 4 heteroatoms.